The molecular weight excluding hydrogens is 218 g/mol. The van der Waals surface area contributed by atoms with Crippen LogP contribution in [0, 0.1) is 0 Å². The van der Waals surface area contributed by atoms with Crippen LogP contribution in [0.25, 0.3) is 0 Å². The van der Waals surface area contributed by atoms with Crippen molar-refractivity contribution >= 4 is 5.91 Å². The highest BCUT2D eigenvalue weighted by atomic mass is 16.5. The molecule has 0 aliphatic carbocycles. The van der Waals surface area contributed by atoms with Crippen LogP contribution in [-0.2, 0) is 0 Å². The molecular formula is C13H15NO3. The first-order valence-electron chi connectivity index (χ1n) is 5.50. The number of phenolic OH excluding ortho intramolecular Hbond substituents is 1. The number of phenols is 1. The molecule has 4 heteroatoms. The van der Waals surface area contributed by atoms with E-state index in [0.717, 1.165) is 6.42 Å². The quantitative estimate of drug-likeness (QED) is 0.851. The highest BCUT2D eigenvalue weighted by molar-refractivity contribution is 6.00. The predicted octanol–water partition coefficient (Wildman–Crippen LogP) is 2.15. The Morgan fingerprint density at radius 1 is 1.53 bits per heavy atom. The summed E-state index contributed by atoms with van der Waals surface area (Å²) in [5.74, 6) is 0.102. The molecule has 1 aliphatic heterocycles. The maximum atomic E-state index is 12.3. The molecule has 1 unspecified atom stereocenters. The molecule has 0 saturated heterocycles. The number of nitrogens with zero attached hydrogens (tertiary/aromatic N) is 1. The van der Waals surface area contributed by atoms with Gasteiger partial charge in [0.15, 0.2) is 0 Å². The van der Waals surface area contributed by atoms with Gasteiger partial charge in [-0.25, -0.2) is 0 Å². The van der Waals surface area contributed by atoms with E-state index in [1.165, 1.54) is 13.2 Å². The minimum Gasteiger partial charge on any atom is -0.507 e. The third-order valence-electron chi connectivity index (χ3n) is 2.89. The molecule has 0 saturated carbocycles. The zero-order valence-corrected chi connectivity index (χ0v) is 9.88. The first-order chi connectivity index (χ1) is 8.15. The molecule has 0 bridgehead atoms. The largest absolute Gasteiger partial charge is 0.507 e. The Hall–Kier alpha value is -1.97. The van der Waals surface area contributed by atoms with Crippen LogP contribution in [0.5, 0.6) is 11.5 Å². The SMILES string of the molecule is COc1cccc(O)c1C(=O)N1C=CCC1C. The van der Waals surface area contributed by atoms with Gasteiger partial charge in [-0.05, 0) is 25.5 Å². The summed E-state index contributed by atoms with van der Waals surface area (Å²) in [6.45, 7) is 1.96. The standard InChI is InChI=1S/C13H15NO3/c1-9-5-4-8-14(9)13(16)12-10(15)6-3-7-11(12)17-2/h3-4,6-9,15H,5H2,1-2H3. The van der Waals surface area contributed by atoms with E-state index in [1.807, 2.05) is 13.0 Å². The summed E-state index contributed by atoms with van der Waals surface area (Å²) in [7, 11) is 1.48. The summed E-state index contributed by atoms with van der Waals surface area (Å²) in [6.07, 6.45) is 4.52. The smallest absolute Gasteiger partial charge is 0.265 e. The van der Waals surface area contributed by atoms with E-state index in [-0.39, 0.29) is 23.3 Å². The van der Waals surface area contributed by atoms with Crippen LogP contribution in [-0.4, -0.2) is 29.1 Å². The predicted molar refractivity (Wildman–Crippen MR) is 64.0 cm³/mol. The van der Waals surface area contributed by atoms with Crippen molar-refractivity contribution in [1.29, 1.82) is 0 Å². The van der Waals surface area contributed by atoms with E-state index >= 15 is 0 Å². The van der Waals surface area contributed by atoms with Crippen molar-refractivity contribution in [2.45, 2.75) is 19.4 Å². The van der Waals surface area contributed by atoms with Gasteiger partial charge in [-0.2, -0.15) is 0 Å². The molecule has 1 aromatic rings. The monoisotopic (exact) mass is 233 g/mol. The van der Waals surface area contributed by atoms with E-state index in [9.17, 15) is 9.90 Å². The van der Waals surface area contributed by atoms with E-state index in [4.69, 9.17) is 4.74 Å². The molecule has 17 heavy (non-hydrogen) atoms. The van der Waals surface area contributed by atoms with Crippen LogP contribution in [0.2, 0.25) is 0 Å². The Balaban J connectivity index is 2.40. The molecule has 0 spiro atoms. The van der Waals surface area contributed by atoms with E-state index in [0.29, 0.717) is 5.75 Å². The molecule has 1 aromatic carbocycles. The van der Waals surface area contributed by atoms with Gasteiger partial charge in [0.25, 0.3) is 5.91 Å². The van der Waals surface area contributed by atoms with Crippen molar-refractivity contribution < 1.29 is 14.6 Å². The molecule has 1 atom stereocenters. The van der Waals surface area contributed by atoms with Gasteiger partial charge >= 0.3 is 0 Å². The molecule has 1 amide bonds. The second-order valence-electron chi connectivity index (χ2n) is 4.04. The molecule has 0 radical (unpaired) electrons. The number of aromatic hydroxyl groups is 1. The third-order valence-corrected chi connectivity index (χ3v) is 2.89. The van der Waals surface area contributed by atoms with Crippen LogP contribution in [0.15, 0.2) is 30.5 Å². The van der Waals surface area contributed by atoms with E-state index in [2.05, 4.69) is 0 Å². The Bertz CT molecular complexity index is 468. The first-order valence-corrected chi connectivity index (χ1v) is 5.50. The summed E-state index contributed by atoms with van der Waals surface area (Å²) in [5.41, 5.74) is 0.216. The molecule has 0 fully saturated rings. The van der Waals surface area contributed by atoms with Gasteiger partial charge < -0.3 is 14.7 Å². The number of carbonyl (C=O) groups excluding carboxylic acids is 1. The Kier molecular flexibility index (Phi) is 3.04. The number of hydrogen-bond acceptors (Lipinski definition) is 3. The minimum atomic E-state index is -0.235. The van der Waals surface area contributed by atoms with Crippen molar-refractivity contribution in [3.8, 4) is 11.5 Å². The van der Waals surface area contributed by atoms with Gasteiger partial charge in [0.2, 0.25) is 0 Å². The molecule has 0 aromatic heterocycles. The van der Waals surface area contributed by atoms with Crippen LogP contribution < -0.4 is 4.74 Å². The molecule has 90 valence electrons. The van der Waals surface area contributed by atoms with Crippen LogP contribution >= 0.6 is 0 Å². The summed E-state index contributed by atoms with van der Waals surface area (Å²) < 4.78 is 5.11. The minimum absolute atomic E-state index is 0.0538. The summed E-state index contributed by atoms with van der Waals surface area (Å²) >= 11 is 0. The van der Waals surface area contributed by atoms with Gasteiger partial charge in [0.1, 0.15) is 17.1 Å². The Labute approximate surface area is 100 Å². The van der Waals surface area contributed by atoms with E-state index < -0.39 is 0 Å². The zero-order chi connectivity index (χ0) is 12.4. The lowest BCUT2D eigenvalue weighted by Crippen LogP contribution is -2.31. The number of carbonyl (C=O) groups is 1. The fourth-order valence-corrected chi connectivity index (χ4v) is 1.93. The van der Waals surface area contributed by atoms with Gasteiger partial charge in [0, 0.05) is 12.2 Å². The van der Waals surface area contributed by atoms with Crippen molar-refractivity contribution in [2.24, 2.45) is 0 Å². The summed E-state index contributed by atoms with van der Waals surface area (Å²) in [5, 5.41) is 9.79. The molecule has 1 N–H and O–H groups in total. The summed E-state index contributed by atoms with van der Waals surface area (Å²) in [6, 6.07) is 4.91. The fraction of sp³-hybridized carbons (Fsp3) is 0.308. The fourth-order valence-electron chi connectivity index (χ4n) is 1.93. The van der Waals surface area contributed by atoms with Gasteiger partial charge in [0.05, 0.1) is 7.11 Å². The normalized spacial score (nSPS) is 18.5. The second kappa shape index (κ2) is 4.49. The maximum absolute atomic E-state index is 12.3. The molecule has 1 heterocycles. The zero-order valence-electron chi connectivity index (χ0n) is 9.88. The highest BCUT2D eigenvalue weighted by Crippen LogP contribution is 2.30. The van der Waals surface area contributed by atoms with Gasteiger partial charge in [-0.1, -0.05) is 12.1 Å². The van der Waals surface area contributed by atoms with Crippen LogP contribution in [0.1, 0.15) is 23.7 Å². The van der Waals surface area contributed by atoms with Crippen molar-refractivity contribution in [3.05, 3.63) is 36.0 Å². The van der Waals surface area contributed by atoms with Crippen molar-refractivity contribution in [3.63, 3.8) is 0 Å². The second-order valence-corrected chi connectivity index (χ2v) is 4.04. The number of amides is 1. The highest BCUT2D eigenvalue weighted by Gasteiger charge is 2.26. The van der Waals surface area contributed by atoms with E-state index in [1.54, 1.807) is 23.2 Å². The molecule has 2 rings (SSSR count). The third kappa shape index (κ3) is 1.98. The van der Waals surface area contributed by atoms with Gasteiger partial charge in [-0.15, -0.1) is 0 Å². The van der Waals surface area contributed by atoms with Crippen LogP contribution in [0.4, 0.5) is 0 Å². The lowest BCUT2D eigenvalue weighted by molar-refractivity contribution is 0.0787. The van der Waals surface area contributed by atoms with Crippen molar-refractivity contribution in [1.82, 2.24) is 4.90 Å². The number of rotatable bonds is 2. The Morgan fingerprint density at radius 3 is 2.88 bits per heavy atom. The first kappa shape index (κ1) is 11.5. The van der Waals surface area contributed by atoms with Crippen LogP contribution in [0.3, 0.4) is 0 Å². The lowest BCUT2D eigenvalue weighted by atomic mass is 10.1. The summed E-state index contributed by atoms with van der Waals surface area (Å²) in [4.78, 5) is 13.9. The lowest BCUT2D eigenvalue weighted by Gasteiger charge is -2.21. The maximum Gasteiger partial charge on any atom is 0.265 e. The number of benzene rings is 1. The average Bonchev–Trinajstić information content (AvgIpc) is 2.74. The number of ether oxygens (including phenoxy) is 1. The van der Waals surface area contributed by atoms with Crippen molar-refractivity contribution in [2.75, 3.05) is 7.11 Å². The average molecular weight is 233 g/mol. The molecule has 4 nitrogen and oxygen atoms in total. The number of hydrogen-bond donors (Lipinski definition) is 1. The van der Waals surface area contributed by atoms with Gasteiger partial charge in [-0.3, -0.25) is 4.79 Å². The Morgan fingerprint density at radius 2 is 2.29 bits per heavy atom. The number of methoxy groups -OCH3 is 1. The topological polar surface area (TPSA) is 49.8 Å². The molecule has 1 aliphatic rings.